The van der Waals surface area contributed by atoms with E-state index >= 15 is 0 Å². The number of nitrogens with one attached hydrogen (secondary N) is 1. The fourth-order valence-electron chi connectivity index (χ4n) is 3.63. The summed E-state index contributed by atoms with van der Waals surface area (Å²) in [6.07, 6.45) is 5.14. The van der Waals surface area contributed by atoms with Gasteiger partial charge < -0.3 is 10.1 Å². The molecule has 0 aliphatic heterocycles. The summed E-state index contributed by atoms with van der Waals surface area (Å²) in [4.78, 5) is 24.4. The van der Waals surface area contributed by atoms with Crippen LogP contribution in [0, 0.1) is 6.92 Å². The highest BCUT2D eigenvalue weighted by molar-refractivity contribution is 5.80. The van der Waals surface area contributed by atoms with E-state index in [1.165, 1.54) is 31.1 Å². The number of benzene rings is 2. The fraction of sp³-hybridized carbons (Fsp3) is 0.391. The molecule has 3 rings (SSSR count). The van der Waals surface area contributed by atoms with Crippen molar-refractivity contribution < 1.29 is 14.3 Å². The Kier molecular flexibility index (Phi) is 6.28. The van der Waals surface area contributed by atoms with E-state index in [0.717, 1.165) is 29.5 Å². The Morgan fingerprint density at radius 2 is 1.74 bits per heavy atom. The maximum Gasteiger partial charge on any atom is 0.307 e. The Morgan fingerprint density at radius 1 is 1.04 bits per heavy atom. The molecule has 0 radical (unpaired) electrons. The van der Waals surface area contributed by atoms with Crippen molar-refractivity contribution in [1.82, 2.24) is 5.32 Å². The average Bonchev–Trinajstić information content (AvgIpc) is 2.67. The van der Waals surface area contributed by atoms with Crippen molar-refractivity contribution >= 4 is 11.9 Å². The molecule has 0 saturated heterocycles. The number of carbonyl (C=O) groups excluding carboxylic acids is 2. The number of aryl methyl sites for hydroxylation is 3. The third kappa shape index (κ3) is 5.19. The minimum absolute atomic E-state index is 0.0831. The first-order valence-electron chi connectivity index (χ1n) is 9.58. The maximum absolute atomic E-state index is 12.6. The van der Waals surface area contributed by atoms with E-state index in [1.54, 1.807) is 0 Å². The van der Waals surface area contributed by atoms with Gasteiger partial charge in [0.25, 0.3) is 0 Å². The topological polar surface area (TPSA) is 55.4 Å². The maximum atomic E-state index is 12.6. The number of fused-ring (bicyclic) bond motifs is 1. The molecule has 27 heavy (non-hydrogen) atoms. The van der Waals surface area contributed by atoms with Crippen LogP contribution in [0.2, 0.25) is 0 Å². The van der Waals surface area contributed by atoms with Gasteiger partial charge in [0.05, 0.1) is 26.0 Å². The van der Waals surface area contributed by atoms with Crippen LogP contribution < -0.4 is 5.32 Å². The molecule has 0 fully saturated rings. The Bertz CT molecular complexity index is 811. The monoisotopic (exact) mass is 365 g/mol. The molecule has 142 valence electrons. The van der Waals surface area contributed by atoms with Crippen LogP contribution in [0.5, 0.6) is 0 Å². The molecule has 1 aliphatic rings. The number of carbonyl (C=O) groups is 2. The molecule has 0 aromatic heterocycles. The largest absolute Gasteiger partial charge is 0.469 e. The van der Waals surface area contributed by atoms with Gasteiger partial charge in [-0.25, -0.2) is 0 Å². The van der Waals surface area contributed by atoms with Crippen molar-refractivity contribution in [2.24, 2.45) is 0 Å². The molecular formula is C23H27NO3. The average molecular weight is 365 g/mol. The van der Waals surface area contributed by atoms with Gasteiger partial charge in [0.1, 0.15) is 0 Å². The van der Waals surface area contributed by atoms with Gasteiger partial charge in [0.2, 0.25) is 5.91 Å². The van der Waals surface area contributed by atoms with Crippen LogP contribution in [0.15, 0.2) is 42.5 Å². The zero-order valence-electron chi connectivity index (χ0n) is 16.1. The summed E-state index contributed by atoms with van der Waals surface area (Å²) >= 11 is 0. The standard InChI is InChI=1S/C23H27NO3/c1-16-7-10-19(11-8-16)21(15-23(26)27-2)24-22(25)14-17-9-12-18-5-3-4-6-20(18)13-17/h7-13,21H,3-6,14-15H2,1-2H3,(H,24,25)/t21-/m1/s1. The summed E-state index contributed by atoms with van der Waals surface area (Å²) in [5.74, 6) is -0.421. The molecule has 0 unspecified atom stereocenters. The predicted octanol–water partition coefficient (Wildman–Crippen LogP) is 3.84. The quantitative estimate of drug-likeness (QED) is 0.792. The first kappa shape index (κ1) is 19.2. The van der Waals surface area contributed by atoms with Crippen molar-refractivity contribution in [2.75, 3.05) is 7.11 Å². The molecule has 0 spiro atoms. The van der Waals surface area contributed by atoms with Crippen molar-refractivity contribution in [3.63, 3.8) is 0 Å². The Labute approximate surface area is 160 Å². The van der Waals surface area contributed by atoms with Gasteiger partial charge in [-0.1, -0.05) is 48.0 Å². The summed E-state index contributed by atoms with van der Waals surface area (Å²) in [5, 5.41) is 3.01. The lowest BCUT2D eigenvalue weighted by Gasteiger charge is -2.19. The first-order valence-corrected chi connectivity index (χ1v) is 9.58. The molecule has 4 heteroatoms. The van der Waals surface area contributed by atoms with Crippen molar-refractivity contribution in [3.05, 3.63) is 70.3 Å². The fourth-order valence-corrected chi connectivity index (χ4v) is 3.63. The van der Waals surface area contributed by atoms with Crippen LogP contribution in [-0.4, -0.2) is 19.0 Å². The summed E-state index contributed by atoms with van der Waals surface area (Å²) < 4.78 is 4.80. The number of rotatable bonds is 6. The number of ether oxygens (including phenoxy) is 1. The van der Waals surface area contributed by atoms with Gasteiger partial charge in [-0.05, 0) is 54.9 Å². The second kappa shape index (κ2) is 8.85. The molecular weight excluding hydrogens is 338 g/mol. The molecule has 4 nitrogen and oxygen atoms in total. The van der Waals surface area contributed by atoms with Gasteiger partial charge in [-0.3, -0.25) is 9.59 Å². The molecule has 0 saturated carbocycles. The van der Waals surface area contributed by atoms with E-state index in [9.17, 15) is 9.59 Å². The van der Waals surface area contributed by atoms with Gasteiger partial charge >= 0.3 is 5.97 Å². The lowest BCUT2D eigenvalue weighted by atomic mass is 9.90. The zero-order chi connectivity index (χ0) is 19.2. The molecule has 1 amide bonds. The number of hydrogen-bond acceptors (Lipinski definition) is 3. The van der Waals surface area contributed by atoms with Crippen molar-refractivity contribution in [3.8, 4) is 0 Å². The third-order valence-corrected chi connectivity index (χ3v) is 5.19. The van der Waals surface area contributed by atoms with E-state index in [2.05, 4.69) is 17.4 Å². The Hall–Kier alpha value is -2.62. The van der Waals surface area contributed by atoms with E-state index < -0.39 is 0 Å². The van der Waals surface area contributed by atoms with Crippen LogP contribution in [0.3, 0.4) is 0 Å². The van der Waals surface area contributed by atoms with E-state index in [0.29, 0.717) is 6.42 Å². The van der Waals surface area contributed by atoms with Crippen LogP contribution in [-0.2, 0) is 33.6 Å². The first-order chi connectivity index (χ1) is 13.0. The van der Waals surface area contributed by atoms with E-state index in [1.807, 2.05) is 37.3 Å². The smallest absolute Gasteiger partial charge is 0.307 e. The normalized spacial score (nSPS) is 14.1. The third-order valence-electron chi connectivity index (χ3n) is 5.19. The van der Waals surface area contributed by atoms with Crippen LogP contribution >= 0.6 is 0 Å². The summed E-state index contributed by atoms with van der Waals surface area (Å²) in [7, 11) is 1.36. The molecule has 0 heterocycles. The number of esters is 1. The molecule has 1 aliphatic carbocycles. The lowest BCUT2D eigenvalue weighted by molar-refractivity contribution is -0.141. The molecule has 1 atom stereocenters. The second-order valence-corrected chi connectivity index (χ2v) is 7.30. The van der Waals surface area contributed by atoms with Gasteiger partial charge in [0.15, 0.2) is 0 Å². The predicted molar refractivity (Wildman–Crippen MR) is 105 cm³/mol. The summed E-state index contributed by atoms with van der Waals surface area (Å²) in [6.45, 7) is 2.01. The van der Waals surface area contributed by atoms with Crippen molar-refractivity contribution in [1.29, 1.82) is 0 Å². The van der Waals surface area contributed by atoms with Crippen LogP contribution in [0.25, 0.3) is 0 Å². The molecule has 1 N–H and O–H groups in total. The van der Waals surface area contributed by atoms with Crippen molar-refractivity contribution in [2.45, 2.75) is 51.5 Å². The summed E-state index contributed by atoms with van der Waals surface area (Å²) in [5.41, 5.74) is 5.85. The van der Waals surface area contributed by atoms with Gasteiger partial charge in [0, 0.05) is 0 Å². The minimum atomic E-state index is -0.386. The zero-order valence-corrected chi connectivity index (χ0v) is 16.1. The lowest BCUT2D eigenvalue weighted by Crippen LogP contribution is -2.31. The molecule has 2 aromatic rings. The summed E-state index contributed by atoms with van der Waals surface area (Å²) in [6, 6.07) is 13.8. The Morgan fingerprint density at radius 3 is 2.44 bits per heavy atom. The van der Waals surface area contributed by atoms with Crippen LogP contribution in [0.4, 0.5) is 0 Å². The number of hydrogen-bond donors (Lipinski definition) is 1. The highest BCUT2D eigenvalue weighted by atomic mass is 16.5. The van der Waals surface area contributed by atoms with Gasteiger partial charge in [-0.15, -0.1) is 0 Å². The minimum Gasteiger partial charge on any atom is -0.469 e. The van der Waals surface area contributed by atoms with E-state index in [-0.39, 0.29) is 24.3 Å². The van der Waals surface area contributed by atoms with Crippen LogP contribution in [0.1, 0.15) is 53.1 Å². The highest BCUT2D eigenvalue weighted by Gasteiger charge is 2.19. The SMILES string of the molecule is COC(=O)C[C@@H](NC(=O)Cc1ccc2c(c1)CCCC2)c1ccc(C)cc1. The second-order valence-electron chi connectivity index (χ2n) is 7.30. The van der Waals surface area contributed by atoms with E-state index in [4.69, 9.17) is 4.74 Å². The number of amides is 1. The Balaban J connectivity index is 1.70. The number of methoxy groups -OCH3 is 1. The molecule has 0 bridgehead atoms. The highest BCUT2D eigenvalue weighted by Crippen LogP contribution is 2.23. The van der Waals surface area contributed by atoms with Gasteiger partial charge in [-0.2, -0.15) is 0 Å². The molecule has 2 aromatic carbocycles.